The summed E-state index contributed by atoms with van der Waals surface area (Å²) in [7, 11) is 0. The predicted octanol–water partition coefficient (Wildman–Crippen LogP) is 2.61. The second-order valence-corrected chi connectivity index (χ2v) is 8.45. The van der Waals surface area contributed by atoms with E-state index in [2.05, 4.69) is 41.1 Å². The lowest BCUT2D eigenvalue weighted by molar-refractivity contribution is 0.0336. The van der Waals surface area contributed by atoms with Gasteiger partial charge >= 0.3 is 0 Å². The van der Waals surface area contributed by atoms with E-state index in [9.17, 15) is 5.26 Å². The highest BCUT2D eigenvalue weighted by atomic mass is 16.5. The molecular weight excluding hydrogens is 444 g/mol. The molecule has 2 aliphatic heterocycles. The average Bonchev–Trinajstić information content (AvgIpc) is 3.20. The Labute approximate surface area is 204 Å². The molecule has 0 radical (unpaired) electrons. The van der Waals surface area contributed by atoms with Crippen molar-refractivity contribution in [3.8, 4) is 17.5 Å². The number of nitrogens with one attached hydrogen (secondary N) is 1. The molecule has 10 nitrogen and oxygen atoms in total. The van der Waals surface area contributed by atoms with Crippen LogP contribution in [0.4, 0.5) is 17.3 Å². The molecule has 180 valence electrons. The van der Waals surface area contributed by atoms with Crippen LogP contribution in [0.1, 0.15) is 17.8 Å². The molecule has 0 aliphatic carbocycles. The van der Waals surface area contributed by atoms with Crippen molar-refractivity contribution in [3.63, 3.8) is 0 Å². The van der Waals surface area contributed by atoms with Gasteiger partial charge in [-0.2, -0.15) is 5.26 Å². The van der Waals surface area contributed by atoms with E-state index in [1.165, 1.54) is 0 Å². The number of morpholine rings is 1. The van der Waals surface area contributed by atoms with Gasteiger partial charge in [0, 0.05) is 45.5 Å². The van der Waals surface area contributed by atoms with Gasteiger partial charge in [-0.05, 0) is 36.8 Å². The van der Waals surface area contributed by atoms with Gasteiger partial charge < -0.3 is 19.7 Å². The standard InChI is InChI=1S/C25H28N8O2/c26-16-23-24(33-8-1-12-34-15-11-33)5-4-21(30-23)22-6-7-27-25(31-22)29-19-2-3-20(28-17-19)18-32-9-13-35-14-10-32/h2-7,17H,1,8-15,18H2,(H,27,29,31). The number of rotatable bonds is 6. The summed E-state index contributed by atoms with van der Waals surface area (Å²) in [6.07, 6.45) is 4.40. The van der Waals surface area contributed by atoms with E-state index in [1.807, 2.05) is 24.3 Å². The normalized spacial score (nSPS) is 16.9. The van der Waals surface area contributed by atoms with Gasteiger partial charge in [-0.15, -0.1) is 0 Å². The van der Waals surface area contributed by atoms with Crippen LogP contribution in [0.5, 0.6) is 0 Å². The Morgan fingerprint density at radius 3 is 2.54 bits per heavy atom. The van der Waals surface area contributed by atoms with Gasteiger partial charge in [0.25, 0.3) is 0 Å². The number of pyridine rings is 2. The highest BCUT2D eigenvalue weighted by molar-refractivity contribution is 5.64. The van der Waals surface area contributed by atoms with Gasteiger partial charge in [-0.1, -0.05) is 0 Å². The number of hydrogen-bond donors (Lipinski definition) is 1. The van der Waals surface area contributed by atoms with Crippen molar-refractivity contribution in [2.24, 2.45) is 0 Å². The molecule has 0 bridgehead atoms. The molecule has 3 aromatic heterocycles. The Kier molecular flexibility index (Phi) is 7.38. The smallest absolute Gasteiger partial charge is 0.227 e. The van der Waals surface area contributed by atoms with Gasteiger partial charge in [-0.3, -0.25) is 9.88 Å². The summed E-state index contributed by atoms with van der Waals surface area (Å²) in [5.41, 5.74) is 4.30. The van der Waals surface area contributed by atoms with Crippen molar-refractivity contribution < 1.29 is 9.47 Å². The number of nitrogens with zero attached hydrogens (tertiary/aromatic N) is 7. The molecule has 0 spiro atoms. The molecule has 2 fully saturated rings. The fraction of sp³-hybridized carbons (Fsp3) is 0.400. The molecule has 0 saturated carbocycles. The number of ether oxygens (including phenoxy) is 2. The Balaban J connectivity index is 1.28. The summed E-state index contributed by atoms with van der Waals surface area (Å²) < 4.78 is 10.9. The Bertz CT molecular complexity index is 1170. The van der Waals surface area contributed by atoms with Crippen molar-refractivity contribution in [1.82, 2.24) is 24.8 Å². The third kappa shape index (κ3) is 5.89. The largest absolute Gasteiger partial charge is 0.380 e. The van der Waals surface area contributed by atoms with Gasteiger partial charge in [0.05, 0.1) is 54.5 Å². The zero-order valence-corrected chi connectivity index (χ0v) is 19.6. The monoisotopic (exact) mass is 472 g/mol. The van der Waals surface area contributed by atoms with Crippen molar-refractivity contribution in [1.29, 1.82) is 5.26 Å². The number of anilines is 3. The predicted molar refractivity (Wildman–Crippen MR) is 131 cm³/mol. The van der Waals surface area contributed by atoms with E-state index in [1.54, 1.807) is 18.5 Å². The summed E-state index contributed by atoms with van der Waals surface area (Å²) in [5, 5.41) is 12.9. The summed E-state index contributed by atoms with van der Waals surface area (Å²) in [4.78, 5) is 22.6. The minimum atomic E-state index is 0.387. The molecule has 0 aromatic carbocycles. The first-order valence-electron chi connectivity index (χ1n) is 11.9. The third-order valence-electron chi connectivity index (χ3n) is 6.03. The van der Waals surface area contributed by atoms with Crippen LogP contribution in [0.2, 0.25) is 0 Å². The average molecular weight is 473 g/mol. The summed E-state index contributed by atoms with van der Waals surface area (Å²) in [6.45, 7) is 7.19. The minimum Gasteiger partial charge on any atom is -0.380 e. The quantitative estimate of drug-likeness (QED) is 0.574. The topological polar surface area (TPSA) is 112 Å². The number of hydrogen-bond acceptors (Lipinski definition) is 10. The molecule has 10 heteroatoms. The lowest BCUT2D eigenvalue weighted by Crippen LogP contribution is -2.35. The maximum absolute atomic E-state index is 9.73. The van der Waals surface area contributed by atoms with Crippen LogP contribution in [0.3, 0.4) is 0 Å². The van der Waals surface area contributed by atoms with E-state index < -0.39 is 0 Å². The maximum Gasteiger partial charge on any atom is 0.227 e. The first-order valence-corrected chi connectivity index (χ1v) is 11.9. The van der Waals surface area contributed by atoms with Gasteiger partial charge in [-0.25, -0.2) is 15.0 Å². The molecule has 35 heavy (non-hydrogen) atoms. The van der Waals surface area contributed by atoms with Gasteiger partial charge in [0.2, 0.25) is 5.95 Å². The molecule has 0 unspecified atom stereocenters. The van der Waals surface area contributed by atoms with Crippen LogP contribution in [-0.4, -0.2) is 77.4 Å². The first kappa shape index (κ1) is 23.1. The van der Waals surface area contributed by atoms with E-state index in [4.69, 9.17) is 9.47 Å². The molecule has 0 amide bonds. The van der Waals surface area contributed by atoms with Crippen molar-refractivity contribution in [2.45, 2.75) is 13.0 Å². The van der Waals surface area contributed by atoms with Crippen LogP contribution in [-0.2, 0) is 16.0 Å². The maximum atomic E-state index is 9.73. The summed E-state index contributed by atoms with van der Waals surface area (Å²) in [5.74, 6) is 0.444. The molecule has 2 aliphatic rings. The molecule has 3 aromatic rings. The fourth-order valence-corrected chi connectivity index (χ4v) is 4.19. The van der Waals surface area contributed by atoms with Crippen LogP contribution in [0.15, 0.2) is 42.7 Å². The highest BCUT2D eigenvalue weighted by Crippen LogP contribution is 2.25. The third-order valence-corrected chi connectivity index (χ3v) is 6.03. The van der Waals surface area contributed by atoms with Crippen molar-refractivity contribution >= 4 is 17.3 Å². The van der Waals surface area contributed by atoms with E-state index in [0.29, 0.717) is 29.6 Å². The highest BCUT2D eigenvalue weighted by Gasteiger charge is 2.17. The van der Waals surface area contributed by atoms with Crippen molar-refractivity contribution in [2.75, 3.05) is 62.8 Å². The van der Waals surface area contributed by atoms with Crippen LogP contribution >= 0.6 is 0 Å². The number of nitriles is 1. The molecule has 1 N–H and O–H groups in total. The number of aromatic nitrogens is 4. The SMILES string of the molecule is N#Cc1nc(-c2ccnc(Nc3ccc(CN4CCOCC4)nc3)n2)ccc1N1CCCOCC1. The minimum absolute atomic E-state index is 0.387. The fourth-order valence-electron chi connectivity index (χ4n) is 4.19. The van der Waals surface area contributed by atoms with E-state index >= 15 is 0 Å². The lowest BCUT2D eigenvalue weighted by atomic mass is 10.2. The first-order chi connectivity index (χ1) is 17.3. The molecular formula is C25H28N8O2. The van der Waals surface area contributed by atoms with Gasteiger partial charge in [0.15, 0.2) is 5.69 Å². The van der Waals surface area contributed by atoms with Gasteiger partial charge in [0.1, 0.15) is 6.07 Å². The van der Waals surface area contributed by atoms with Crippen LogP contribution in [0.25, 0.3) is 11.4 Å². The van der Waals surface area contributed by atoms with E-state index in [-0.39, 0.29) is 0 Å². The summed E-state index contributed by atoms with van der Waals surface area (Å²) >= 11 is 0. The van der Waals surface area contributed by atoms with Crippen molar-refractivity contribution in [3.05, 3.63) is 54.1 Å². The second kappa shape index (κ2) is 11.2. The Hall–Kier alpha value is -3.65. The summed E-state index contributed by atoms with van der Waals surface area (Å²) in [6, 6.07) is 11.9. The molecule has 0 atom stereocenters. The van der Waals surface area contributed by atoms with E-state index in [0.717, 1.165) is 76.0 Å². The Morgan fingerprint density at radius 1 is 0.886 bits per heavy atom. The Morgan fingerprint density at radius 2 is 1.71 bits per heavy atom. The molecule has 5 heterocycles. The second-order valence-electron chi connectivity index (χ2n) is 8.45. The van der Waals surface area contributed by atoms with Crippen LogP contribution in [0, 0.1) is 11.3 Å². The molecule has 5 rings (SSSR count). The molecule has 2 saturated heterocycles. The zero-order chi connectivity index (χ0) is 23.9. The van der Waals surface area contributed by atoms with Crippen LogP contribution < -0.4 is 10.2 Å². The zero-order valence-electron chi connectivity index (χ0n) is 19.6. The lowest BCUT2D eigenvalue weighted by Gasteiger charge is -2.26.